The molecule has 0 spiro atoms. The molecule has 0 aliphatic carbocycles. The Morgan fingerprint density at radius 3 is 2.68 bits per heavy atom. The fourth-order valence-electron chi connectivity index (χ4n) is 1.55. The van der Waals surface area contributed by atoms with E-state index in [1.54, 1.807) is 0 Å². The van der Waals surface area contributed by atoms with Gasteiger partial charge in [0.1, 0.15) is 5.71 Å². The number of benzene rings is 1. The van der Waals surface area contributed by atoms with Crippen LogP contribution in [0, 0.1) is 0 Å². The van der Waals surface area contributed by atoms with Gasteiger partial charge in [0.2, 0.25) is 5.91 Å². The lowest BCUT2D eigenvalue weighted by Crippen LogP contribution is -2.20. The Kier molecular flexibility index (Phi) is 6.94. The summed E-state index contributed by atoms with van der Waals surface area (Å²) in [5.41, 5.74) is 3.65. The molecule has 0 aliphatic rings. The Morgan fingerprint density at radius 2 is 2.05 bits per heavy atom. The minimum Gasteiger partial charge on any atom is -0.411 e. The number of amides is 1. The van der Waals surface area contributed by atoms with Gasteiger partial charge in [0.25, 0.3) is 0 Å². The number of nitrogens with zero attached hydrogens (tertiary/aromatic N) is 2. The van der Waals surface area contributed by atoms with Gasteiger partial charge in [-0.25, -0.2) is 5.43 Å². The number of carbonyl (C=O) groups excluding carboxylic acids is 1. The zero-order valence-electron chi connectivity index (χ0n) is 11.0. The van der Waals surface area contributed by atoms with E-state index >= 15 is 0 Å². The quantitative estimate of drug-likeness (QED) is 0.342. The molecule has 0 bridgehead atoms. The number of oxime groups is 1. The molecule has 1 aromatic rings. The molecule has 0 aliphatic heterocycles. The molecule has 2 N–H and O–H groups in total. The van der Waals surface area contributed by atoms with Gasteiger partial charge >= 0.3 is 0 Å². The van der Waals surface area contributed by atoms with Gasteiger partial charge in [-0.05, 0) is 6.42 Å². The highest BCUT2D eigenvalue weighted by molar-refractivity contribution is 6.38. The molecule has 1 aromatic carbocycles. The highest BCUT2D eigenvalue weighted by Crippen LogP contribution is 2.01. The summed E-state index contributed by atoms with van der Waals surface area (Å²) in [5, 5.41) is 15.5. The summed E-state index contributed by atoms with van der Waals surface area (Å²) in [6.07, 6.45) is 4.60. The highest BCUT2D eigenvalue weighted by atomic mass is 16.4. The third-order valence-corrected chi connectivity index (χ3v) is 2.56. The van der Waals surface area contributed by atoms with Crippen LogP contribution in [-0.4, -0.2) is 23.0 Å². The molecule has 102 valence electrons. The Balaban J connectivity index is 2.62. The van der Waals surface area contributed by atoms with Crippen LogP contribution in [0.25, 0.3) is 0 Å². The number of unbranched alkanes of at least 4 members (excludes halogenated alkanes) is 2. The van der Waals surface area contributed by atoms with Crippen molar-refractivity contribution in [1.82, 2.24) is 5.43 Å². The number of hydrogen-bond acceptors (Lipinski definition) is 4. The number of hydrogen-bond donors (Lipinski definition) is 2. The van der Waals surface area contributed by atoms with Crippen LogP contribution in [0.3, 0.4) is 0 Å². The number of nitrogens with one attached hydrogen (secondary N) is 1. The molecule has 1 amide bonds. The average molecular weight is 261 g/mol. The fourth-order valence-corrected chi connectivity index (χ4v) is 1.55. The maximum absolute atomic E-state index is 11.5. The first-order chi connectivity index (χ1) is 9.27. The Morgan fingerprint density at radius 1 is 1.32 bits per heavy atom. The molecule has 0 heterocycles. The molecule has 0 unspecified atom stereocenters. The number of rotatable bonds is 7. The lowest BCUT2D eigenvalue weighted by Gasteiger charge is -2.02. The Bertz CT molecular complexity index is 441. The predicted molar refractivity (Wildman–Crippen MR) is 75.5 cm³/mol. The van der Waals surface area contributed by atoms with Crippen LogP contribution in [0.5, 0.6) is 0 Å². The lowest BCUT2D eigenvalue weighted by molar-refractivity contribution is -0.121. The van der Waals surface area contributed by atoms with Gasteiger partial charge in [0.15, 0.2) is 0 Å². The fraction of sp³-hybridized carbons (Fsp3) is 0.357. The molecule has 5 heteroatoms. The molecule has 0 saturated carbocycles. The third-order valence-electron chi connectivity index (χ3n) is 2.56. The smallest absolute Gasteiger partial charge is 0.240 e. The number of carbonyl (C=O) groups is 1. The van der Waals surface area contributed by atoms with Crippen LogP contribution in [0.4, 0.5) is 0 Å². The molecular weight excluding hydrogens is 242 g/mol. The van der Waals surface area contributed by atoms with Crippen molar-refractivity contribution in [2.75, 3.05) is 0 Å². The summed E-state index contributed by atoms with van der Waals surface area (Å²) >= 11 is 0. The monoisotopic (exact) mass is 261 g/mol. The van der Waals surface area contributed by atoms with E-state index in [0.717, 1.165) is 24.8 Å². The Hall–Kier alpha value is -2.17. The summed E-state index contributed by atoms with van der Waals surface area (Å²) in [6.45, 7) is 2.08. The van der Waals surface area contributed by atoms with E-state index in [2.05, 4.69) is 22.6 Å². The molecule has 0 saturated heterocycles. The van der Waals surface area contributed by atoms with Crippen molar-refractivity contribution in [1.29, 1.82) is 0 Å². The third kappa shape index (κ3) is 5.81. The van der Waals surface area contributed by atoms with Crippen LogP contribution >= 0.6 is 0 Å². The second-order valence-corrected chi connectivity index (χ2v) is 4.10. The van der Waals surface area contributed by atoms with Crippen molar-refractivity contribution in [2.24, 2.45) is 10.3 Å². The first-order valence-electron chi connectivity index (χ1n) is 6.37. The average Bonchev–Trinajstić information content (AvgIpc) is 2.44. The van der Waals surface area contributed by atoms with E-state index in [-0.39, 0.29) is 5.91 Å². The van der Waals surface area contributed by atoms with Crippen molar-refractivity contribution in [3.8, 4) is 0 Å². The van der Waals surface area contributed by atoms with Gasteiger partial charge in [0.05, 0.1) is 6.21 Å². The van der Waals surface area contributed by atoms with E-state index in [1.807, 2.05) is 30.3 Å². The van der Waals surface area contributed by atoms with Crippen molar-refractivity contribution in [3.05, 3.63) is 35.9 Å². The standard InChI is InChI=1S/C14H19N3O2/c1-2-3-5-10-14(18)17-16-13(11-15-19)12-8-6-4-7-9-12/h4,6-9,11,19H,2-3,5,10H2,1H3,(H,17,18)/b15-11+,16-13-. The molecule has 5 nitrogen and oxygen atoms in total. The largest absolute Gasteiger partial charge is 0.411 e. The van der Waals surface area contributed by atoms with E-state index in [4.69, 9.17) is 5.21 Å². The molecule has 0 aromatic heterocycles. The normalized spacial score (nSPS) is 11.7. The second kappa shape index (κ2) is 8.85. The molecule has 1 rings (SSSR count). The summed E-state index contributed by atoms with van der Waals surface area (Å²) in [6, 6.07) is 9.21. The summed E-state index contributed by atoms with van der Waals surface area (Å²) in [4.78, 5) is 11.5. The predicted octanol–water partition coefficient (Wildman–Crippen LogP) is 2.55. The van der Waals surface area contributed by atoms with Crippen molar-refractivity contribution >= 4 is 17.8 Å². The van der Waals surface area contributed by atoms with Gasteiger partial charge in [-0.2, -0.15) is 5.10 Å². The molecule has 19 heavy (non-hydrogen) atoms. The first-order valence-corrected chi connectivity index (χ1v) is 6.37. The van der Waals surface area contributed by atoms with Crippen LogP contribution in [0.15, 0.2) is 40.6 Å². The Labute approximate surface area is 113 Å². The summed E-state index contributed by atoms with van der Waals surface area (Å²) in [7, 11) is 0. The van der Waals surface area contributed by atoms with Gasteiger partial charge in [-0.1, -0.05) is 55.3 Å². The molecule has 0 atom stereocenters. The molecular formula is C14H19N3O2. The van der Waals surface area contributed by atoms with E-state index in [1.165, 1.54) is 6.21 Å². The van der Waals surface area contributed by atoms with Crippen LogP contribution in [-0.2, 0) is 4.79 Å². The van der Waals surface area contributed by atoms with E-state index in [9.17, 15) is 4.79 Å². The molecule has 0 radical (unpaired) electrons. The topological polar surface area (TPSA) is 74.0 Å². The SMILES string of the molecule is CCCCCC(=O)N/N=C(/C=N/O)c1ccccc1. The van der Waals surface area contributed by atoms with Gasteiger partial charge in [-0.15, -0.1) is 0 Å². The van der Waals surface area contributed by atoms with E-state index in [0.29, 0.717) is 12.1 Å². The zero-order chi connectivity index (χ0) is 13.9. The van der Waals surface area contributed by atoms with Crippen molar-refractivity contribution < 1.29 is 10.0 Å². The van der Waals surface area contributed by atoms with Crippen LogP contribution in [0.2, 0.25) is 0 Å². The first kappa shape index (κ1) is 14.9. The van der Waals surface area contributed by atoms with Crippen LogP contribution in [0.1, 0.15) is 38.2 Å². The van der Waals surface area contributed by atoms with Crippen LogP contribution < -0.4 is 5.43 Å². The second-order valence-electron chi connectivity index (χ2n) is 4.10. The highest BCUT2D eigenvalue weighted by Gasteiger charge is 2.03. The molecule has 0 fully saturated rings. The van der Waals surface area contributed by atoms with Crippen molar-refractivity contribution in [2.45, 2.75) is 32.6 Å². The van der Waals surface area contributed by atoms with Crippen molar-refractivity contribution in [3.63, 3.8) is 0 Å². The maximum atomic E-state index is 11.5. The van der Waals surface area contributed by atoms with Gasteiger partial charge in [0, 0.05) is 12.0 Å². The van der Waals surface area contributed by atoms with Gasteiger partial charge in [-0.3, -0.25) is 4.79 Å². The van der Waals surface area contributed by atoms with Gasteiger partial charge < -0.3 is 5.21 Å². The van der Waals surface area contributed by atoms with E-state index < -0.39 is 0 Å². The summed E-state index contributed by atoms with van der Waals surface area (Å²) < 4.78 is 0. The maximum Gasteiger partial charge on any atom is 0.240 e. The minimum absolute atomic E-state index is 0.131. The lowest BCUT2D eigenvalue weighted by atomic mass is 10.1. The minimum atomic E-state index is -0.131. The number of hydrazone groups is 1. The zero-order valence-corrected chi connectivity index (χ0v) is 11.0. The summed E-state index contributed by atoms with van der Waals surface area (Å²) in [5.74, 6) is -0.131.